The van der Waals surface area contributed by atoms with E-state index < -0.39 is 0 Å². The van der Waals surface area contributed by atoms with Crippen LogP contribution in [0.15, 0.2) is 48.9 Å². The van der Waals surface area contributed by atoms with Crippen LogP contribution in [0.25, 0.3) is 11.0 Å². The van der Waals surface area contributed by atoms with E-state index in [-0.39, 0.29) is 0 Å². The molecule has 1 aliphatic heterocycles. The smallest absolute Gasteiger partial charge is 0.142 e. The van der Waals surface area contributed by atoms with Crippen LogP contribution in [0, 0.1) is 5.92 Å². The maximum absolute atomic E-state index is 4.58. The minimum absolute atomic E-state index is 0.465. The van der Waals surface area contributed by atoms with Gasteiger partial charge in [0, 0.05) is 32.4 Å². The van der Waals surface area contributed by atoms with Crippen molar-refractivity contribution in [3.8, 4) is 0 Å². The van der Waals surface area contributed by atoms with Crippen molar-refractivity contribution in [1.82, 2.24) is 19.9 Å². The number of rotatable bonds is 5. The van der Waals surface area contributed by atoms with Crippen molar-refractivity contribution in [2.24, 2.45) is 5.92 Å². The van der Waals surface area contributed by atoms with Crippen LogP contribution in [-0.2, 0) is 6.42 Å². The van der Waals surface area contributed by atoms with E-state index in [4.69, 9.17) is 0 Å². The van der Waals surface area contributed by atoms with Gasteiger partial charge >= 0.3 is 0 Å². The zero-order valence-electron chi connectivity index (χ0n) is 15.6. The Hall–Kier alpha value is -2.40. The lowest BCUT2D eigenvalue weighted by molar-refractivity contribution is 0.167. The van der Waals surface area contributed by atoms with Gasteiger partial charge in [-0.3, -0.25) is 0 Å². The predicted molar refractivity (Wildman–Crippen MR) is 106 cm³/mol. The van der Waals surface area contributed by atoms with Crippen molar-refractivity contribution in [3.63, 3.8) is 0 Å². The Balaban J connectivity index is 1.47. The van der Waals surface area contributed by atoms with Crippen LogP contribution in [0.2, 0.25) is 0 Å². The fraction of sp³-hybridized carbons (Fsp3) is 0.429. The van der Waals surface area contributed by atoms with Gasteiger partial charge in [0.1, 0.15) is 17.8 Å². The largest absolute Gasteiger partial charge is 0.354 e. The monoisotopic (exact) mass is 349 g/mol. The molecule has 5 heteroatoms. The number of nitrogens with zero attached hydrogens (tertiary/aromatic N) is 4. The number of benzene rings is 1. The average molecular weight is 349 g/mol. The summed E-state index contributed by atoms with van der Waals surface area (Å²) in [4.78, 5) is 17.1. The molecule has 2 aromatic heterocycles. The highest BCUT2D eigenvalue weighted by molar-refractivity contribution is 5.87. The third-order valence-electron chi connectivity index (χ3n) is 5.73. The molecular weight excluding hydrogens is 322 g/mol. The highest BCUT2D eigenvalue weighted by Crippen LogP contribution is 2.28. The van der Waals surface area contributed by atoms with Gasteiger partial charge in [-0.1, -0.05) is 37.3 Å². The molecule has 0 radical (unpaired) electrons. The van der Waals surface area contributed by atoms with Crippen LogP contribution < -0.4 is 4.90 Å². The molecular formula is C21H27N5. The van der Waals surface area contributed by atoms with E-state index >= 15 is 0 Å². The Morgan fingerprint density at radius 2 is 2.04 bits per heavy atom. The fourth-order valence-electron chi connectivity index (χ4n) is 4.05. The topological polar surface area (TPSA) is 48.1 Å². The number of likely N-dealkylation sites (tertiary alicyclic amines) is 1. The van der Waals surface area contributed by atoms with E-state index in [1.165, 1.54) is 18.5 Å². The Labute approximate surface area is 155 Å². The van der Waals surface area contributed by atoms with Gasteiger partial charge < -0.3 is 14.8 Å². The summed E-state index contributed by atoms with van der Waals surface area (Å²) in [7, 11) is 2.18. The molecule has 1 fully saturated rings. The van der Waals surface area contributed by atoms with E-state index in [1.54, 1.807) is 6.33 Å². The molecule has 0 amide bonds. The summed E-state index contributed by atoms with van der Waals surface area (Å²) in [5.74, 6) is 1.68. The first-order chi connectivity index (χ1) is 12.7. The molecule has 3 aromatic rings. The van der Waals surface area contributed by atoms with Gasteiger partial charge in [-0.2, -0.15) is 0 Å². The summed E-state index contributed by atoms with van der Waals surface area (Å²) in [6.07, 6.45) is 5.94. The van der Waals surface area contributed by atoms with Gasteiger partial charge in [-0.25, -0.2) is 9.97 Å². The number of hydrogen-bond donors (Lipinski definition) is 1. The van der Waals surface area contributed by atoms with E-state index in [2.05, 4.69) is 75.1 Å². The first-order valence-corrected chi connectivity index (χ1v) is 9.49. The molecule has 0 bridgehead atoms. The zero-order chi connectivity index (χ0) is 17.9. The number of piperidine rings is 1. The molecule has 2 atom stereocenters. The van der Waals surface area contributed by atoms with Crippen LogP contribution in [0.1, 0.15) is 18.9 Å². The number of aromatic nitrogens is 3. The van der Waals surface area contributed by atoms with Crippen molar-refractivity contribution in [1.29, 1.82) is 0 Å². The van der Waals surface area contributed by atoms with Crippen LogP contribution in [0.3, 0.4) is 0 Å². The lowest BCUT2D eigenvalue weighted by atomic mass is 9.92. The van der Waals surface area contributed by atoms with E-state index in [0.717, 1.165) is 36.4 Å². The first kappa shape index (κ1) is 17.0. The van der Waals surface area contributed by atoms with Crippen molar-refractivity contribution in [2.75, 3.05) is 31.6 Å². The number of likely N-dealkylation sites (N-methyl/N-ethyl adjacent to an activating group) is 1. The quantitative estimate of drug-likeness (QED) is 0.767. The fourth-order valence-corrected chi connectivity index (χ4v) is 4.05. The summed E-state index contributed by atoms with van der Waals surface area (Å²) < 4.78 is 0. The lowest BCUT2D eigenvalue weighted by Crippen LogP contribution is -2.51. The summed E-state index contributed by atoms with van der Waals surface area (Å²) in [5, 5.41) is 1.10. The Morgan fingerprint density at radius 3 is 2.88 bits per heavy atom. The van der Waals surface area contributed by atoms with Gasteiger partial charge in [0.15, 0.2) is 0 Å². The van der Waals surface area contributed by atoms with E-state index in [1.807, 2.05) is 6.20 Å². The van der Waals surface area contributed by atoms with Gasteiger partial charge in [-0.15, -0.1) is 0 Å². The Morgan fingerprint density at radius 1 is 1.19 bits per heavy atom. The minimum atomic E-state index is 0.465. The molecule has 2 unspecified atom stereocenters. The molecule has 0 saturated carbocycles. The van der Waals surface area contributed by atoms with Gasteiger partial charge in [0.2, 0.25) is 0 Å². The maximum atomic E-state index is 4.58. The molecule has 1 N–H and O–H groups in total. The molecule has 136 valence electrons. The second-order valence-electron chi connectivity index (χ2n) is 7.42. The van der Waals surface area contributed by atoms with Crippen molar-refractivity contribution in [3.05, 3.63) is 54.5 Å². The van der Waals surface area contributed by atoms with Crippen molar-refractivity contribution in [2.45, 2.75) is 25.8 Å². The maximum Gasteiger partial charge on any atom is 0.142 e. The molecule has 1 aliphatic rings. The third-order valence-corrected chi connectivity index (χ3v) is 5.73. The number of nitrogens with one attached hydrogen (secondary N) is 1. The number of H-pyrrole nitrogens is 1. The van der Waals surface area contributed by atoms with Crippen LogP contribution in [0.5, 0.6) is 0 Å². The third kappa shape index (κ3) is 3.44. The number of fused-ring (bicyclic) bond motifs is 1. The Kier molecular flexibility index (Phi) is 4.89. The SMILES string of the molecule is CC1CCN(CCc2ccccc2)CC1N(C)c1ncnc2[nH]ccc12. The molecule has 5 nitrogen and oxygen atoms in total. The van der Waals surface area contributed by atoms with Crippen molar-refractivity contribution >= 4 is 16.9 Å². The number of anilines is 1. The van der Waals surface area contributed by atoms with E-state index in [9.17, 15) is 0 Å². The van der Waals surface area contributed by atoms with Crippen LogP contribution in [-0.4, -0.2) is 52.6 Å². The second-order valence-corrected chi connectivity index (χ2v) is 7.42. The Bertz CT molecular complexity index is 844. The highest BCUT2D eigenvalue weighted by atomic mass is 15.3. The highest BCUT2D eigenvalue weighted by Gasteiger charge is 2.30. The van der Waals surface area contributed by atoms with Gasteiger partial charge in [0.25, 0.3) is 0 Å². The molecule has 3 heterocycles. The van der Waals surface area contributed by atoms with Gasteiger partial charge in [-0.05, 0) is 36.9 Å². The molecule has 26 heavy (non-hydrogen) atoms. The van der Waals surface area contributed by atoms with E-state index in [0.29, 0.717) is 12.0 Å². The van der Waals surface area contributed by atoms with Crippen LogP contribution >= 0.6 is 0 Å². The second kappa shape index (κ2) is 7.46. The zero-order valence-corrected chi connectivity index (χ0v) is 15.6. The molecule has 1 aromatic carbocycles. The summed E-state index contributed by atoms with van der Waals surface area (Å²) in [6.45, 7) is 5.75. The lowest BCUT2D eigenvalue weighted by Gasteiger charge is -2.42. The number of hydrogen-bond acceptors (Lipinski definition) is 4. The molecule has 4 rings (SSSR count). The summed E-state index contributed by atoms with van der Waals surface area (Å²) >= 11 is 0. The summed E-state index contributed by atoms with van der Waals surface area (Å²) in [6, 6.07) is 13.3. The van der Waals surface area contributed by atoms with Crippen molar-refractivity contribution < 1.29 is 0 Å². The number of aromatic amines is 1. The van der Waals surface area contributed by atoms with Crippen LogP contribution in [0.4, 0.5) is 5.82 Å². The molecule has 0 spiro atoms. The standard InChI is InChI=1S/C21H27N5/c1-16-9-12-26(13-10-17-6-4-3-5-7-17)14-19(16)25(2)21-18-8-11-22-20(18)23-15-24-21/h3-8,11,15-16,19H,9-10,12-14H2,1-2H3,(H,22,23,24). The predicted octanol–water partition coefficient (Wildman–Crippen LogP) is 3.35. The van der Waals surface area contributed by atoms with Gasteiger partial charge in [0.05, 0.1) is 5.39 Å². The average Bonchev–Trinajstić information content (AvgIpc) is 3.16. The molecule has 0 aliphatic carbocycles. The minimum Gasteiger partial charge on any atom is -0.354 e. The first-order valence-electron chi connectivity index (χ1n) is 9.49. The molecule has 1 saturated heterocycles. The normalized spacial score (nSPS) is 21.2. The summed E-state index contributed by atoms with van der Waals surface area (Å²) in [5.41, 5.74) is 2.33.